The highest BCUT2D eigenvalue weighted by Gasteiger charge is 2.12. The van der Waals surface area contributed by atoms with Crippen LogP contribution in [0.1, 0.15) is 25.8 Å². The van der Waals surface area contributed by atoms with Crippen molar-refractivity contribution in [1.82, 2.24) is 5.32 Å². The summed E-state index contributed by atoms with van der Waals surface area (Å²) in [4.78, 5) is 0. The van der Waals surface area contributed by atoms with Gasteiger partial charge in [-0.2, -0.15) is 11.8 Å². The average molecular weight is 295 g/mol. The van der Waals surface area contributed by atoms with Crippen LogP contribution in [0.4, 0.5) is 0 Å². The molecule has 1 unspecified atom stereocenters. The Kier molecular flexibility index (Phi) is 8.79. The largest absolute Gasteiger partial charge is 0.496 e. The zero-order valence-electron chi connectivity index (χ0n) is 13.3. The Morgan fingerprint density at radius 2 is 1.95 bits per heavy atom. The molecule has 0 aliphatic carbocycles. The second kappa shape index (κ2) is 10.1. The Morgan fingerprint density at radius 1 is 1.20 bits per heavy atom. The number of hydrogen-bond acceptors (Lipinski definition) is 3. The normalized spacial score (nSPS) is 12.7. The van der Waals surface area contributed by atoms with Crippen molar-refractivity contribution >= 4 is 11.8 Å². The molecule has 114 valence electrons. The summed E-state index contributed by atoms with van der Waals surface area (Å²) in [6, 6.07) is 8.39. The molecule has 1 rings (SSSR count). The maximum Gasteiger partial charge on any atom is 0.122 e. The third kappa shape index (κ3) is 6.67. The summed E-state index contributed by atoms with van der Waals surface area (Å²) in [5.41, 5.74) is 1.33. The molecule has 0 bridgehead atoms. The van der Waals surface area contributed by atoms with Crippen molar-refractivity contribution in [3.8, 4) is 5.75 Å². The molecule has 0 radical (unpaired) electrons. The first-order valence-corrected chi connectivity index (χ1v) is 8.88. The summed E-state index contributed by atoms with van der Waals surface area (Å²) >= 11 is 1.93. The number of para-hydroxylation sites is 1. The molecule has 0 amide bonds. The number of rotatable bonds is 10. The maximum atomic E-state index is 5.47. The lowest BCUT2D eigenvalue weighted by atomic mass is 9.96. The predicted molar refractivity (Wildman–Crippen MR) is 90.9 cm³/mol. The molecule has 2 nitrogen and oxygen atoms in total. The summed E-state index contributed by atoms with van der Waals surface area (Å²) < 4.78 is 5.47. The molecule has 0 aliphatic heterocycles. The van der Waals surface area contributed by atoms with Gasteiger partial charge in [0.15, 0.2) is 0 Å². The summed E-state index contributed by atoms with van der Waals surface area (Å²) in [6.45, 7) is 6.70. The van der Waals surface area contributed by atoms with Crippen LogP contribution in [0, 0.1) is 11.8 Å². The maximum absolute atomic E-state index is 5.47. The van der Waals surface area contributed by atoms with Gasteiger partial charge in [0.25, 0.3) is 0 Å². The lowest BCUT2D eigenvalue weighted by Gasteiger charge is -2.19. The van der Waals surface area contributed by atoms with E-state index in [1.165, 1.54) is 17.7 Å². The molecule has 0 heterocycles. The van der Waals surface area contributed by atoms with E-state index < -0.39 is 0 Å². The van der Waals surface area contributed by atoms with Crippen molar-refractivity contribution in [3.05, 3.63) is 29.8 Å². The van der Waals surface area contributed by atoms with Crippen LogP contribution in [-0.2, 0) is 6.42 Å². The minimum atomic E-state index is 0.678. The number of nitrogens with one attached hydrogen (secondary N) is 1. The summed E-state index contributed by atoms with van der Waals surface area (Å²) in [7, 11) is 1.76. The van der Waals surface area contributed by atoms with Crippen LogP contribution in [0.3, 0.4) is 0 Å². The molecule has 1 aromatic rings. The third-order valence-electron chi connectivity index (χ3n) is 3.42. The highest BCUT2D eigenvalue weighted by Crippen LogP contribution is 2.22. The lowest BCUT2D eigenvalue weighted by molar-refractivity contribution is 0.396. The van der Waals surface area contributed by atoms with Crippen LogP contribution >= 0.6 is 11.8 Å². The molecule has 20 heavy (non-hydrogen) atoms. The summed E-state index contributed by atoms with van der Waals surface area (Å²) in [5, 5.41) is 3.60. The van der Waals surface area contributed by atoms with Gasteiger partial charge in [0.1, 0.15) is 5.75 Å². The number of thioether (sulfide) groups is 1. The highest BCUT2D eigenvalue weighted by atomic mass is 32.2. The topological polar surface area (TPSA) is 21.3 Å². The number of hydrogen-bond donors (Lipinski definition) is 1. The van der Waals surface area contributed by atoms with E-state index in [1.807, 2.05) is 17.8 Å². The van der Waals surface area contributed by atoms with Gasteiger partial charge in [-0.15, -0.1) is 0 Å². The fourth-order valence-electron chi connectivity index (χ4n) is 2.32. The number of ether oxygens (including phenoxy) is 1. The van der Waals surface area contributed by atoms with Crippen molar-refractivity contribution in [2.75, 3.05) is 32.2 Å². The van der Waals surface area contributed by atoms with Crippen LogP contribution in [-0.4, -0.2) is 32.2 Å². The molecule has 0 aromatic heterocycles. The molecule has 1 aromatic carbocycles. The van der Waals surface area contributed by atoms with E-state index in [2.05, 4.69) is 43.6 Å². The van der Waals surface area contributed by atoms with Gasteiger partial charge in [-0.25, -0.2) is 0 Å². The molecule has 0 saturated heterocycles. The second-order valence-corrected chi connectivity index (χ2v) is 6.70. The van der Waals surface area contributed by atoms with E-state index in [9.17, 15) is 0 Å². The smallest absolute Gasteiger partial charge is 0.122 e. The quantitative estimate of drug-likeness (QED) is 0.708. The number of methoxy groups -OCH3 is 1. The fraction of sp³-hybridized carbons (Fsp3) is 0.647. The Bertz CT molecular complexity index is 368. The number of benzene rings is 1. The standard InChI is InChI=1S/C17H29NOS/c1-14(2)12-18-13-15(9-10-20-4)11-16-7-5-6-8-17(16)19-3/h5-8,14-15,18H,9-13H2,1-4H3. The monoisotopic (exact) mass is 295 g/mol. The van der Waals surface area contributed by atoms with E-state index >= 15 is 0 Å². The van der Waals surface area contributed by atoms with E-state index in [4.69, 9.17) is 4.74 Å². The zero-order valence-corrected chi connectivity index (χ0v) is 14.1. The van der Waals surface area contributed by atoms with Crippen LogP contribution < -0.4 is 10.1 Å². The molecular formula is C17H29NOS. The van der Waals surface area contributed by atoms with Gasteiger partial charge in [0.2, 0.25) is 0 Å². The zero-order chi connectivity index (χ0) is 14.8. The molecule has 1 atom stereocenters. The minimum absolute atomic E-state index is 0.678. The highest BCUT2D eigenvalue weighted by molar-refractivity contribution is 7.98. The van der Waals surface area contributed by atoms with E-state index in [0.717, 1.165) is 25.3 Å². The average Bonchev–Trinajstić information content (AvgIpc) is 2.44. The minimum Gasteiger partial charge on any atom is -0.496 e. The van der Waals surface area contributed by atoms with E-state index in [-0.39, 0.29) is 0 Å². The van der Waals surface area contributed by atoms with Gasteiger partial charge < -0.3 is 10.1 Å². The first kappa shape index (κ1) is 17.4. The lowest BCUT2D eigenvalue weighted by Crippen LogP contribution is -2.28. The Labute approximate surface area is 128 Å². The third-order valence-corrected chi connectivity index (χ3v) is 4.06. The summed E-state index contributed by atoms with van der Waals surface area (Å²) in [6.07, 6.45) is 4.53. The predicted octanol–water partition coefficient (Wildman–Crippen LogP) is 3.85. The van der Waals surface area contributed by atoms with Gasteiger partial charge >= 0.3 is 0 Å². The van der Waals surface area contributed by atoms with Crippen molar-refractivity contribution in [1.29, 1.82) is 0 Å². The van der Waals surface area contributed by atoms with Gasteiger partial charge in [-0.3, -0.25) is 0 Å². The Hall–Kier alpha value is -0.670. The van der Waals surface area contributed by atoms with Crippen molar-refractivity contribution in [3.63, 3.8) is 0 Å². The molecule has 0 saturated carbocycles. The van der Waals surface area contributed by atoms with Gasteiger partial charge in [-0.1, -0.05) is 32.0 Å². The Morgan fingerprint density at radius 3 is 2.60 bits per heavy atom. The van der Waals surface area contributed by atoms with Crippen molar-refractivity contribution < 1.29 is 4.74 Å². The van der Waals surface area contributed by atoms with Gasteiger partial charge in [0, 0.05) is 0 Å². The summed E-state index contributed by atoms with van der Waals surface area (Å²) in [5.74, 6) is 3.63. The van der Waals surface area contributed by atoms with Crippen LogP contribution in [0.25, 0.3) is 0 Å². The molecule has 0 aliphatic rings. The van der Waals surface area contributed by atoms with Crippen molar-refractivity contribution in [2.45, 2.75) is 26.7 Å². The van der Waals surface area contributed by atoms with Gasteiger partial charge in [-0.05, 0) is 61.4 Å². The SMILES string of the molecule is COc1ccccc1CC(CCSC)CNCC(C)C. The Balaban J connectivity index is 2.58. The first-order valence-electron chi connectivity index (χ1n) is 7.49. The molecule has 0 spiro atoms. The second-order valence-electron chi connectivity index (χ2n) is 5.72. The fourth-order valence-corrected chi connectivity index (χ4v) is 2.89. The molecular weight excluding hydrogens is 266 g/mol. The van der Waals surface area contributed by atoms with Gasteiger partial charge in [0.05, 0.1) is 7.11 Å². The van der Waals surface area contributed by atoms with Crippen LogP contribution in [0.15, 0.2) is 24.3 Å². The molecule has 0 fully saturated rings. The van der Waals surface area contributed by atoms with Crippen LogP contribution in [0.2, 0.25) is 0 Å². The van der Waals surface area contributed by atoms with Crippen molar-refractivity contribution in [2.24, 2.45) is 11.8 Å². The van der Waals surface area contributed by atoms with Crippen LogP contribution in [0.5, 0.6) is 5.75 Å². The molecule has 3 heteroatoms. The first-order chi connectivity index (χ1) is 9.67. The van der Waals surface area contributed by atoms with E-state index in [0.29, 0.717) is 11.8 Å². The molecule has 1 N–H and O–H groups in total. The van der Waals surface area contributed by atoms with E-state index in [1.54, 1.807) is 7.11 Å².